The molecule has 1 aromatic carbocycles. The fraction of sp³-hybridized carbons (Fsp3) is 0.182. The van der Waals surface area contributed by atoms with Gasteiger partial charge < -0.3 is 10.5 Å². The summed E-state index contributed by atoms with van der Waals surface area (Å²) in [6.07, 6.45) is 3.47. The lowest BCUT2D eigenvalue weighted by Gasteiger charge is -2.08. The topological polar surface area (TPSA) is 53.1 Å². The van der Waals surface area contributed by atoms with E-state index in [1.54, 1.807) is 36.3 Å². The van der Waals surface area contributed by atoms with Gasteiger partial charge in [0.1, 0.15) is 6.61 Å². The SMILES string of the molecule is Cn1cc(COc2c(N)cccc2F)cn1. The molecule has 4 nitrogen and oxygen atoms in total. The number of benzene rings is 1. The number of nitrogen functional groups attached to an aromatic ring is 1. The maximum Gasteiger partial charge on any atom is 0.178 e. The average Bonchev–Trinajstić information content (AvgIpc) is 2.63. The van der Waals surface area contributed by atoms with Crippen LogP contribution in [0.4, 0.5) is 10.1 Å². The van der Waals surface area contributed by atoms with Gasteiger partial charge in [0.05, 0.1) is 11.9 Å². The highest BCUT2D eigenvalue weighted by atomic mass is 19.1. The van der Waals surface area contributed by atoms with E-state index in [-0.39, 0.29) is 12.4 Å². The van der Waals surface area contributed by atoms with Gasteiger partial charge in [-0.2, -0.15) is 5.10 Å². The number of nitrogens with two attached hydrogens (primary N) is 1. The summed E-state index contributed by atoms with van der Waals surface area (Å²) in [5.74, 6) is -0.366. The van der Waals surface area contributed by atoms with Crippen molar-refractivity contribution in [3.63, 3.8) is 0 Å². The molecule has 0 aliphatic heterocycles. The van der Waals surface area contributed by atoms with Gasteiger partial charge >= 0.3 is 0 Å². The highest BCUT2D eigenvalue weighted by Crippen LogP contribution is 2.25. The molecule has 0 bridgehead atoms. The Kier molecular flexibility index (Phi) is 2.76. The third-order valence-corrected chi connectivity index (χ3v) is 2.14. The molecular weight excluding hydrogens is 209 g/mol. The average molecular weight is 221 g/mol. The summed E-state index contributed by atoms with van der Waals surface area (Å²) >= 11 is 0. The molecule has 2 N–H and O–H groups in total. The number of halogens is 1. The summed E-state index contributed by atoms with van der Waals surface area (Å²) in [7, 11) is 1.81. The van der Waals surface area contributed by atoms with E-state index in [4.69, 9.17) is 10.5 Å². The molecule has 0 radical (unpaired) electrons. The molecule has 16 heavy (non-hydrogen) atoms. The van der Waals surface area contributed by atoms with Gasteiger partial charge in [-0.25, -0.2) is 4.39 Å². The Bertz CT molecular complexity index is 475. The van der Waals surface area contributed by atoms with Crippen molar-refractivity contribution < 1.29 is 9.13 Å². The summed E-state index contributed by atoms with van der Waals surface area (Å²) in [6.45, 7) is 0.249. The van der Waals surface area contributed by atoms with E-state index in [2.05, 4.69) is 5.10 Å². The summed E-state index contributed by atoms with van der Waals surface area (Å²) in [4.78, 5) is 0. The van der Waals surface area contributed by atoms with Crippen molar-refractivity contribution in [1.29, 1.82) is 0 Å². The van der Waals surface area contributed by atoms with Crippen LogP contribution in [-0.2, 0) is 13.7 Å². The van der Waals surface area contributed by atoms with Crippen molar-refractivity contribution in [2.24, 2.45) is 7.05 Å². The van der Waals surface area contributed by atoms with Gasteiger partial charge in [-0.15, -0.1) is 0 Å². The zero-order chi connectivity index (χ0) is 11.5. The number of rotatable bonds is 3. The van der Waals surface area contributed by atoms with E-state index in [0.717, 1.165) is 5.56 Å². The molecule has 5 heteroatoms. The van der Waals surface area contributed by atoms with E-state index in [9.17, 15) is 4.39 Å². The molecule has 2 rings (SSSR count). The third-order valence-electron chi connectivity index (χ3n) is 2.14. The number of ether oxygens (including phenoxy) is 1. The molecule has 0 aliphatic carbocycles. The minimum atomic E-state index is -0.455. The number of nitrogens with zero attached hydrogens (tertiary/aromatic N) is 2. The Morgan fingerprint density at radius 1 is 1.50 bits per heavy atom. The lowest BCUT2D eigenvalue weighted by atomic mass is 10.3. The predicted molar refractivity (Wildman–Crippen MR) is 58.4 cm³/mol. The number of para-hydroxylation sites is 1. The number of anilines is 1. The minimum absolute atomic E-state index is 0.0892. The summed E-state index contributed by atoms with van der Waals surface area (Å²) in [6, 6.07) is 4.46. The Labute approximate surface area is 92.4 Å². The minimum Gasteiger partial charge on any atom is -0.484 e. The molecule has 0 aliphatic rings. The molecule has 0 saturated heterocycles. The lowest BCUT2D eigenvalue weighted by molar-refractivity contribution is 0.292. The van der Waals surface area contributed by atoms with Gasteiger partial charge in [-0.3, -0.25) is 4.68 Å². The van der Waals surface area contributed by atoms with Crippen LogP contribution < -0.4 is 10.5 Å². The standard InChI is InChI=1S/C11H12FN3O/c1-15-6-8(5-14-15)7-16-11-9(12)3-2-4-10(11)13/h2-6H,7,13H2,1H3. The maximum atomic E-state index is 13.3. The van der Waals surface area contributed by atoms with Crippen LogP contribution in [0, 0.1) is 5.82 Å². The monoisotopic (exact) mass is 221 g/mol. The molecule has 1 heterocycles. The van der Waals surface area contributed by atoms with Crippen molar-refractivity contribution >= 4 is 5.69 Å². The van der Waals surface area contributed by atoms with Crippen LogP contribution in [0.15, 0.2) is 30.6 Å². The first-order chi connectivity index (χ1) is 7.66. The van der Waals surface area contributed by atoms with Crippen LogP contribution >= 0.6 is 0 Å². The number of aromatic nitrogens is 2. The molecule has 0 unspecified atom stereocenters. The van der Waals surface area contributed by atoms with E-state index in [0.29, 0.717) is 5.69 Å². The van der Waals surface area contributed by atoms with E-state index < -0.39 is 5.82 Å². The van der Waals surface area contributed by atoms with Crippen LogP contribution in [0.3, 0.4) is 0 Å². The van der Waals surface area contributed by atoms with Crippen LogP contribution in [-0.4, -0.2) is 9.78 Å². The molecule has 0 atom stereocenters. The largest absolute Gasteiger partial charge is 0.484 e. The first-order valence-corrected chi connectivity index (χ1v) is 4.81. The number of hydrogen-bond acceptors (Lipinski definition) is 3. The van der Waals surface area contributed by atoms with Crippen molar-refractivity contribution in [3.05, 3.63) is 42.0 Å². The summed E-state index contributed by atoms with van der Waals surface area (Å²) < 4.78 is 20.3. The highest BCUT2D eigenvalue weighted by Gasteiger charge is 2.07. The van der Waals surface area contributed by atoms with Crippen LogP contribution in [0.5, 0.6) is 5.75 Å². The first-order valence-electron chi connectivity index (χ1n) is 4.81. The zero-order valence-corrected chi connectivity index (χ0v) is 8.85. The lowest BCUT2D eigenvalue weighted by Crippen LogP contribution is -2.00. The number of aryl methyl sites for hydroxylation is 1. The molecule has 0 spiro atoms. The second-order valence-electron chi connectivity index (χ2n) is 3.47. The van der Waals surface area contributed by atoms with E-state index >= 15 is 0 Å². The quantitative estimate of drug-likeness (QED) is 0.803. The van der Waals surface area contributed by atoms with Gasteiger partial charge in [0.15, 0.2) is 11.6 Å². The predicted octanol–water partition coefficient (Wildman–Crippen LogP) is 1.72. The van der Waals surface area contributed by atoms with Crippen molar-refractivity contribution in [2.45, 2.75) is 6.61 Å². The van der Waals surface area contributed by atoms with Gasteiger partial charge in [-0.05, 0) is 12.1 Å². The third kappa shape index (κ3) is 2.13. The van der Waals surface area contributed by atoms with E-state index in [1.165, 1.54) is 6.07 Å². The molecule has 0 fully saturated rings. The van der Waals surface area contributed by atoms with E-state index in [1.807, 2.05) is 0 Å². The second kappa shape index (κ2) is 4.22. The van der Waals surface area contributed by atoms with Crippen molar-refractivity contribution in [2.75, 3.05) is 5.73 Å². The normalized spacial score (nSPS) is 10.4. The van der Waals surface area contributed by atoms with Crippen LogP contribution in [0.2, 0.25) is 0 Å². The zero-order valence-electron chi connectivity index (χ0n) is 8.85. The summed E-state index contributed by atoms with van der Waals surface area (Å²) in [5.41, 5.74) is 6.77. The van der Waals surface area contributed by atoms with Crippen molar-refractivity contribution in [1.82, 2.24) is 9.78 Å². The van der Waals surface area contributed by atoms with Crippen molar-refractivity contribution in [3.8, 4) is 5.75 Å². The molecule has 84 valence electrons. The molecule has 1 aromatic heterocycles. The van der Waals surface area contributed by atoms with Gasteiger partial charge in [-0.1, -0.05) is 6.07 Å². The summed E-state index contributed by atoms with van der Waals surface area (Å²) in [5, 5.41) is 3.99. The van der Waals surface area contributed by atoms with Gasteiger partial charge in [0, 0.05) is 18.8 Å². The smallest absolute Gasteiger partial charge is 0.178 e. The number of hydrogen-bond donors (Lipinski definition) is 1. The van der Waals surface area contributed by atoms with Crippen LogP contribution in [0.1, 0.15) is 5.56 Å². The Balaban J connectivity index is 2.10. The fourth-order valence-electron chi connectivity index (χ4n) is 1.38. The highest BCUT2D eigenvalue weighted by molar-refractivity contribution is 5.52. The maximum absolute atomic E-state index is 13.3. The first kappa shape index (κ1) is 10.5. The Morgan fingerprint density at radius 3 is 2.94 bits per heavy atom. The van der Waals surface area contributed by atoms with Gasteiger partial charge in [0.2, 0.25) is 0 Å². The molecule has 0 saturated carbocycles. The van der Waals surface area contributed by atoms with Crippen LogP contribution in [0.25, 0.3) is 0 Å². The Hall–Kier alpha value is -2.04. The van der Waals surface area contributed by atoms with Gasteiger partial charge in [0.25, 0.3) is 0 Å². The molecule has 0 amide bonds. The molecule has 2 aromatic rings. The Morgan fingerprint density at radius 2 is 2.31 bits per heavy atom. The second-order valence-corrected chi connectivity index (χ2v) is 3.47. The fourth-order valence-corrected chi connectivity index (χ4v) is 1.38. The molecular formula is C11H12FN3O.